The van der Waals surface area contributed by atoms with E-state index in [1.54, 1.807) is 0 Å². The molecule has 0 radical (unpaired) electrons. The van der Waals surface area contributed by atoms with Gasteiger partial charge in [-0.1, -0.05) is 54.6 Å². The van der Waals surface area contributed by atoms with E-state index >= 15 is 0 Å². The first-order valence-electron chi connectivity index (χ1n) is 11.4. The van der Waals surface area contributed by atoms with Gasteiger partial charge in [-0.2, -0.15) is 0 Å². The molecular formula is C28H29NO3. The number of fused-ring (bicyclic) bond motifs is 1. The van der Waals surface area contributed by atoms with Gasteiger partial charge in [0.1, 0.15) is 5.75 Å². The van der Waals surface area contributed by atoms with Crippen LogP contribution in [0, 0.1) is 12.8 Å². The Hall–Kier alpha value is -3.11. The topological polar surface area (TPSA) is 49.8 Å². The number of carboxylic acids is 1. The van der Waals surface area contributed by atoms with Crippen LogP contribution in [0.5, 0.6) is 5.75 Å². The van der Waals surface area contributed by atoms with Crippen LogP contribution < -0.4 is 4.74 Å². The van der Waals surface area contributed by atoms with Gasteiger partial charge in [-0.25, -0.2) is 0 Å². The zero-order valence-electron chi connectivity index (χ0n) is 18.5. The molecule has 0 unspecified atom stereocenters. The third kappa shape index (κ3) is 4.28. The Bertz CT molecular complexity index is 1120. The molecule has 1 N–H and O–H groups in total. The molecule has 0 saturated heterocycles. The predicted molar refractivity (Wildman–Crippen MR) is 126 cm³/mol. The number of benzene rings is 3. The van der Waals surface area contributed by atoms with Crippen LogP contribution in [0.3, 0.4) is 0 Å². The molecule has 3 aromatic rings. The lowest BCUT2D eigenvalue weighted by Crippen LogP contribution is -2.44. The van der Waals surface area contributed by atoms with Crippen molar-refractivity contribution in [3.63, 3.8) is 0 Å². The fourth-order valence-electron chi connectivity index (χ4n) is 4.94. The lowest BCUT2D eigenvalue weighted by molar-refractivity contribution is -0.147. The molecule has 1 aliphatic heterocycles. The van der Waals surface area contributed by atoms with Crippen molar-refractivity contribution in [1.29, 1.82) is 0 Å². The summed E-state index contributed by atoms with van der Waals surface area (Å²) in [6.45, 7) is 4.62. The summed E-state index contributed by atoms with van der Waals surface area (Å²) in [7, 11) is 0. The van der Waals surface area contributed by atoms with Crippen LogP contribution in [0.4, 0.5) is 0 Å². The molecule has 4 nitrogen and oxygen atoms in total. The van der Waals surface area contributed by atoms with E-state index in [-0.39, 0.29) is 5.92 Å². The minimum atomic E-state index is -0.654. The fourth-order valence-corrected chi connectivity index (χ4v) is 4.94. The highest BCUT2D eigenvalue weighted by atomic mass is 16.5. The number of hydrogen-bond donors (Lipinski definition) is 1. The molecule has 0 spiro atoms. The summed E-state index contributed by atoms with van der Waals surface area (Å²) >= 11 is 0. The molecule has 0 bridgehead atoms. The molecule has 32 heavy (non-hydrogen) atoms. The Labute approximate surface area is 189 Å². The highest BCUT2D eigenvalue weighted by molar-refractivity contribution is 5.71. The van der Waals surface area contributed by atoms with Gasteiger partial charge in [-0.05, 0) is 65.3 Å². The minimum Gasteiger partial charge on any atom is -0.493 e. The summed E-state index contributed by atoms with van der Waals surface area (Å²) in [4.78, 5) is 13.5. The Morgan fingerprint density at radius 2 is 1.78 bits per heavy atom. The van der Waals surface area contributed by atoms with Crippen molar-refractivity contribution < 1.29 is 14.6 Å². The van der Waals surface area contributed by atoms with Gasteiger partial charge in [-0.15, -0.1) is 0 Å². The number of rotatable bonds is 7. The van der Waals surface area contributed by atoms with Crippen molar-refractivity contribution in [3.05, 3.63) is 89.0 Å². The lowest BCUT2D eigenvalue weighted by atomic mass is 9.79. The molecular weight excluding hydrogens is 398 g/mol. The number of aryl methyl sites for hydroxylation is 1. The van der Waals surface area contributed by atoms with Gasteiger partial charge in [0, 0.05) is 25.6 Å². The average molecular weight is 428 g/mol. The van der Waals surface area contributed by atoms with E-state index in [9.17, 15) is 4.79 Å². The number of hydrogen-bond acceptors (Lipinski definition) is 3. The maximum Gasteiger partial charge on any atom is 0.306 e. The van der Waals surface area contributed by atoms with Crippen molar-refractivity contribution >= 4 is 5.97 Å². The maximum atomic E-state index is 11.1. The highest BCUT2D eigenvalue weighted by Crippen LogP contribution is 2.37. The maximum absolute atomic E-state index is 11.1. The summed E-state index contributed by atoms with van der Waals surface area (Å²) in [6, 6.07) is 23.9. The van der Waals surface area contributed by atoms with Crippen LogP contribution >= 0.6 is 0 Å². The van der Waals surface area contributed by atoms with E-state index in [0.717, 1.165) is 38.1 Å². The van der Waals surface area contributed by atoms with Gasteiger partial charge in [0.2, 0.25) is 0 Å². The minimum absolute atomic E-state index is 0.159. The molecule has 164 valence electrons. The summed E-state index contributed by atoms with van der Waals surface area (Å²) in [5.74, 6) is 0.104. The number of carbonyl (C=O) groups is 1. The van der Waals surface area contributed by atoms with E-state index in [0.29, 0.717) is 12.6 Å². The molecule has 3 aromatic carbocycles. The quantitative estimate of drug-likeness (QED) is 0.544. The molecule has 0 amide bonds. The molecule has 2 aliphatic rings. The van der Waals surface area contributed by atoms with Gasteiger partial charge in [0.25, 0.3) is 0 Å². The van der Waals surface area contributed by atoms with Crippen molar-refractivity contribution in [2.75, 3.05) is 6.61 Å². The standard InChI is InChI=1S/C28H29NO3/c1-19-13-20(7-10-27(19)21-5-3-2-4-6-21)11-12-32-26-9-8-22-17-29(18-24(22)16-26)25-14-23(15-25)28(30)31/h2-10,13,16,23,25H,11-12,14-15,17-18H2,1H3,(H,30,31)/t23-,25-. The Balaban J connectivity index is 1.15. The zero-order valence-corrected chi connectivity index (χ0v) is 18.5. The second kappa shape index (κ2) is 8.79. The molecule has 1 heterocycles. The monoisotopic (exact) mass is 427 g/mol. The smallest absolute Gasteiger partial charge is 0.306 e. The summed E-state index contributed by atoms with van der Waals surface area (Å²) in [6.07, 6.45) is 2.42. The van der Waals surface area contributed by atoms with E-state index in [4.69, 9.17) is 9.84 Å². The Morgan fingerprint density at radius 1 is 1.00 bits per heavy atom. The van der Waals surface area contributed by atoms with Gasteiger partial charge < -0.3 is 9.84 Å². The molecule has 0 aromatic heterocycles. The number of nitrogens with zero attached hydrogens (tertiary/aromatic N) is 1. The Morgan fingerprint density at radius 3 is 2.53 bits per heavy atom. The number of ether oxygens (including phenoxy) is 1. The SMILES string of the molecule is Cc1cc(CCOc2ccc3c(c2)CN([C@H]2C[C@H](C(=O)O)C2)C3)ccc1-c1ccccc1. The normalized spacial score (nSPS) is 19.9. The molecule has 1 aliphatic carbocycles. The second-order valence-electron chi connectivity index (χ2n) is 9.11. The summed E-state index contributed by atoms with van der Waals surface area (Å²) in [5.41, 5.74) is 7.74. The van der Waals surface area contributed by atoms with Gasteiger partial charge in [-0.3, -0.25) is 9.69 Å². The highest BCUT2D eigenvalue weighted by Gasteiger charge is 2.39. The van der Waals surface area contributed by atoms with Crippen molar-refractivity contribution in [2.24, 2.45) is 5.92 Å². The van der Waals surface area contributed by atoms with Crippen LogP contribution in [0.2, 0.25) is 0 Å². The van der Waals surface area contributed by atoms with E-state index in [1.165, 1.54) is 33.4 Å². The average Bonchev–Trinajstić information content (AvgIpc) is 3.16. The number of aliphatic carboxylic acids is 1. The van der Waals surface area contributed by atoms with Crippen LogP contribution in [0.15, 0.2) is 66.7 Å². The first-order chi connectivity index (χ1) is 15.6. The fraction of sp³-hybridized carbons (Fsp3) is 0.321. The molecule has 5 rings (SSSR count). The second-order valence-corrected chi connectivity index (χ2v) is 9.11. The molecule has 0 atom stereocenters. The van der Waals surface area contributed by atoms with E-state index in [1.807, 2.05) is 6.07 Å². The van der Waals surface area contributed by atoms with E-state index in [2.05, 4.69) is 72.5 Å². The van der Waals surface area contributed by atoms with E-state index < -0.39 is 5.97 Å². The zero-order chi connectivity index (χ0) is 22.1. The molecule has 4 heteroatoms. The largest absolute Gasteiger partial charge is 0.493 e. The predicted octanol–water partition coefficient (Wildman–Crippen LogP) is 5.46. The molecule has 1 saturated carbocycles. The van der Waals surface area contributed by atoms with Crippen LogP contribution in [0.25, 0.3) is 11.1 Å². The van der Waals surface area contributed by atoms with Gasteiger partial charge >= 0.3 is 5.97 Å². The third-order valence-corrected chi connectivity index (χ3v) is 6.94. The van der Waals surface area contributed by atoms with Crippen LogP contribution in [-0.4, -0.2) is 28.6 Å². The van der Waals surface area contributed by atoms with Gasteiger partial charge in [0.05, 0.1) is 12.5 Å². The summed E-state index contributed by atoms with van der Waals surface area (Å²) in [5, 5.41) is 9.11. The van der Waals surface area contributed by atoms with Crippen LogP contribution in [0.1, 0.15) is 35.1 Å². The van der Waals surface area contributed by atoms with Crippen LogP contribution in [-0.2, 0) is 24.3 Å². The van der Waals surface area contributed by atoms with Crippen molar-refractivity contribution in [3.8, 4) is 16.9 Å². The first kappa shape index (κ1) is 20.8. The van der Waals surface area contributed by atoms with Gasteiger partial charge in [0.15, 0.2) is 0 Å². The van der Waals surface area contributed by atoms with Crippen molar-refractivity contribution in [1.82, 2.24) is 4.90 Å². The van der Waals surface area contributed by atoms with Crippen molar-refractivity contribution in [2.45, 2.75) is 45.3 Å². The molecule has 1 fully saturated rings. The first-order valence-corrected chi connectivity index (χ1v) is 11.4. The lowest BCUT2D eigenvalue weighted by Gasteiger charge is -2.39. The summed E-state index contributed by atoms with van der Waals surface area (Å²) < 4.78 is 6.08. The Kier molecular flexibility index (Phi) is 5.71. The number of carboxylic acid groups (broad SMARTS) is 1. The third-order valence-electron chi connectivity index (χ3n) is 6.94.